The van der Waals surface area contributed by atoms with Crippen molar-refractivity contribution < 1.29 is 29.3 Å². The van der Waals surface area contributed by atoms with Gasteiger partial charge in [-0.15, -0.1) is 0 Å². The highest BCUT2D eigenvalue weighted by atomic mass is 32.1. The van der Waals surface area contributed by atoms with E-state index in [1.807, 2.05) is 0 Å². The van der Waals surface area contributed by atoms with Gasteiger partial charge in [0.05, 0.1) is 23.0 Å². The molecule has 0 spiro atoms. The zero-order chi connectivity index (χ0) is 27.1. The molecule has 1 saturated heterocycles. The van der Waals surface area contributed by atoms with Crippen molar-refractivity contribution >= 4 is 45.5 Å². The lowest BCUT2D eigenvalue weighted by Crippen LogP contribution is -2.29. The van der Waals surface area contributed by atoms with Gasteiger partial charge < -0.3 is 14.9 Å². The van der Waals surface area contributed by atoms with Gasteiger partial charge in [-0.05, 0) is 43.7 Å². The maximum atomic E-state index is 13.5. The molecule has 5 rings (SSSR count). The summed E-state index contributed by atoms with van der Waals surface area (Å²) in [7, 11) is 0. The van der Waals surface area contributed by atoms with Gasteiger partial charge in [-0.3, -0.25) is 18.9 Å². The van der Waals surface area contributed by atoms with Crippen molar-refractivity contribution in [2.75, 3.05) is 11.5 Å². The molecule has 3 aromatic heterocycles. The summed E-state index contributed by atoms with van der Waals surface area (Å²) in [6.07, 6.45) is 3.12. The van der Waals surface area contributed by atoms with E-state index in [9.17, 15) is 24.6 Å². The van der Waals surface area contributed by atoms with Gasteiger partial charge in [0, 0.05) is 6.20 Å². The number of esters is 1. The molecule has 0 saturated carbocycles. The minimum atomic E-state index is -1.14. The van der Waals surface area contributed by atoms with Crippen LogP contribution in [0.5, 0.6) is 5.75 Å². The number of thiazole rings is 1. The quantitative estimate of drug-likeness (QED) is 0.125. The number of aliphatic hydroxyl groups excluding tert-OH is 1. The second kappa shape index (κ2) is 9.60. The number of aryl methyl sites for hydroxylation is 2. The Morgan fingerprint density at radius 3 is 2.68 bits per heavy atom. The van der Waals surface area contributed by atoms with Crippen LogP contribution in [0, 0.1) is 13.8 Å². The van der Waals surface area contributed by atoms with Crippen LogP contribution in [0.1, 0.15) is 38.4 Å². The molecule has 2 N–H and O–H groups in total. The highest BCUT2D eigenvalue weighted by Crippen LogP contribution is 2.44. The number of rotatable bonds is 6. The summed E-state index contributed by atoms with van der Waals surface area (Å²) in [6.45, 7) is 6.80. The molecule has 11 heteroatoms. The number of aromatic nitrogens is 3. The lowest BCUT2D eigenvalue weighted by atomic mass is 9.96. The molecule has 1 aliphatic rings. The Morgan fingerprint density at radius 1 is 1.16 bits per heavy atom. The van der Waals surface area contributed by atoms with E-state index in [0.29, 0.717) is 22.6 Å². The van der Waals surface area contributed by atoms with Crippen molar-refractivity contribution in [2.45, 2.75) is 19.9 Å². The summed E-state index contributed by atoms with van der Waals surface area (Å²) < 4.78 is 6.75. The van der Waals surface area contributed by atoms with Crippen LogP contribution in [0.25, 0.3) is 11.4 Å². The third kappa shape index (κ3) is 4.02. The molecular formula is C27H22N4O6S. The SMILES string of the molecule is C=CCOC(=O)c1sc(N2C(=O)C(=O)C(=C(O)c3c(C)nc4ccccn34)C2c2cccc(O)c2)nc1C. The predicted molar refractivity (Wildman–Crippen MR) is 140 cm³/mol. The van der Waals surface area contributed by atoms with E-state index in [4.69, 9.17) is 4.74 Å². The number of pyridine rings is 1. The molecule has 1 aromatic carbocycles. The van der Waals surface area contributed by atoms with Gasteiger partial charge in [0.15, 0.2) is 10.9 Å². The van der Waals surface area contributed by atoms with Gasteiger partial charge in [-0.25, -0.2) is 14.8 Å². The van der Waals surface area contributed by atoms with Gasteiger partial charge in [0.1, 0.15) is 28.6 Å². The molecule has 1 unspecified atom stereocenters. The number of aromatic hydroxyl groups is 1. The summed E-state index contributed by atoms with van der Waals surface area (Å²) >= 11 is 0.889. The number of hydrogen-bond acceptors (Lipinski definition) is 9. The van der Waals surface area contributed by atoms with Gasteiger partial charge in [-0.2, -0.15) is 0 Å². The fraction of sp³-hybridized carbons (Fsp3) is 0.148. The smallest absolute Gasteiger partial charge is 0.350 e. The van der Waals surface area contributed by atoms with Crippen LogP contribution in [-0.4, -0.2) is 48.8 Å². The number of carbonyl (C=O) groups is 3. The van der Waals surface area contributed by atoms with Crippen molar-refractivity contribution in [3.8, 4) is 5.75 Å². The third-order valence-corrected chi connectivity index (χ3v) is 7.20. The van der Waals surface area contributed by atoms with Crippen LogP contribution in [0.4, 0.5) is 5.13 Å². The van der Waals surface area contributed by atoms with Gasteiger partial charge in [0.25, 0.3) is 5.78 Å². The average molecular weight is 531 g/mol. The minimum Gasteiger partial charge on any atom is -0.508 e. The minimum absolute atomic E-state index is 0.00201. The Bertz CT molecular complexity index is 1670. The number of phenols is 1. The number of amides is 1. The number of hydrogen-bond donors (Lipinski definition) is 2. The number of imidazole rings is 1. The highest BCUT2D eigenvalue weighted by molar-refractivity contribution is 7.17. The second-order valence-corrected chi connectivity index (χ2v) is 9.51. The number of phenolic OH excluding ortho intramolecular Hbond substituents is 1. The van der Waals surface area contributed by atoms with Gasteiger partial charge in [0.2, 0.25) is 0 Å². The average Bonchev–Trinajstić information content (AvgIpc) is 3.52. The first-order valence-electron chi connectivity index (χ1n) is 11.5. The number of nitrogens with zero attached hydrogens (tertiary/aromatic N) is 4. The standard InChI is InChI=1S/C27H22N4O6S/c1-4-12-37-26(36)24-15(3)29-27(38-24)31-21(16-8-7-9-17(32)13-16)19(23(34)25(31)35)22(33)20-14(2)28-18-10-5-6-11-30(18)20/h4-11,13,21,32-33H,1,12H2,2-3H3. The Balaban J connectivity index is 1.72. The molecule has 0 bridgehead atoms. The first kappa shape index (κ1) is 24.9. The summed E-state index contributed by atoms with van der Waals surface area (Å²) in [5.74, 6) is -3.04. The zero-order valence-electron chi connectivity index (χ0n) is 20.4. The number of aliphatic hydroxyl groups is 1. The predicted octanol–water partition coefficient (Wildman–Crippen LogP) is 4.08. The van der Waals surface area contributed by atoms with Crippen LogP contribution in [0.3, 0.4) is 0 Å². The molecule has 0 aliphatic carbocycles. The van der Waals surface area contributed by atoms with E-state index >= 15 is 0 Å². The van der Waals surface area contributed by atoms with E-state index in [2.05, 4.69) is 16.5 Å². The fourth-order valence-corrected chi connectivity index (χ4v) is 5.43. The maximum Gasteiger partial charge on any atom is 0.350 e. The van der Waals surface area contributed by atoms with Crippen molar-refractivity contribution in [1.29, 1.82) is 0 Å². The van der Waals surface area contributed by atoms with E-state index < -0.39 is 29.5 Å². The van der Waals surface area contributed by atoms with Crippen LogP contribution in [0.15, 0.2) is 66.9 Å². The summed E-state index contributed by atoms with van der Waals surface area (Å²) in [6, 6.07) is 10.2. The fourth-order valence-electron chi connectivity index (χ4n) is 4.44. The lowest BCUT2D eigenvalue weighted by molar-refractivity contribution is -0.132. The first-order chi connectivity index (χ1) is 18.2. The molecule has 1 amide bonds. The number of ketones is 1. The number of benzene rings is 1. The third-order valence-electron chi connectivity index (χ3n) is 6.07. The first-order valence-corrected chi connectivity index (χ1v) is 12.3. The summed E-state index contributed by atoms with van der Waals surface area (Å²) in [5.41, 5.74) is 1.74. The number of ether oxygens (including phenoxy) is 1. The molecule has 1 aliphatic heterocycles. The molecule has 1 fully saturated rings. The van der Waals surface area contributed by atoms with Crippen LogP contribution < -0.4 is 4.90 Å². The summed E-state index contributed by atoms with van der Waals surface area (Å²) in [5, 5.41) is 21.8. The topological polar surface area (TPSA) is 134 Å². The molecular weight excluding hydrogens is 508 g/mol. The molecule has 0 radical (unpaired) electrons. The Kier molecular flexibility index (Phi) is 6.29. The normalized spacial score (nSPS) is 16.8. The Labute approximate surface area is 220 Å². The van der Waals surface area contributed by atoms with E-state index in [1.165, 1.54) is 18.2 Å². The largest absolute Gasteiger partial charge is 0.508 e. The number of fused-ring (bicyclic) bond motifs is 1. The monoisotopic (exact) mass is 530 g/mol. The molecule has 38 heavy (non-hydrogen) atoms. The van der Waals surface area contributed by atoms with Crippen LogP contribution in [0.2, 0.25) is 0 Å². The van der Waals surface area contributed by atoms with Crippen LogP contribution in [-0.2, 0) is 14.3 Å². The van der Waals surface area contributed by atoms with Crippen LogP contribution >= 0.6 is 11.3 Å². The van der Waals surface area contributed by atoms with E-state index in [-0.39, 0.29) is 33.6 Å². The molecule has 4 heterocycles. The highest BCUT2D eigenvalue weighted by Gasteiger charge is 2.49. The number of anilines is 1. The van der Waals surface area contributed by atoms with Gasteiger partial charge >= 0.3 is 11.9 Å². The molecule has 192 valence electrons. The zero-order valence-corrected chi connectivity index (χ0v) is 21.2. The maximum absolute atomic E-state index is 13.5. The second-order valence-electron chi connectivity index (χ2n) is 8.54. The number of Topliss-reactive ketones (excluding diaryl/α,β-unsaturated/α-hetero) is 1. The number of carbonyl (C=O) groups excluding carboxylic acids is 3. The van der Waals surface area contributed by atoms with Crippen molar-refractivity contribution in [3.63, 3.8) is 0 Å². The lowest BCUT2D eigenvalue weighted by Gasteiger charge is -2.23. The molecule has 10 nitrogen and oxygen atoms in total. The van der Waals surface area contributed by atoms with E-state index in [1.54, 1.807) is 54.8 Å². The van der Waals surface area contributed by atoms with Crippen molar-refractivity contribution in [2.24, 2.45) is 0 Å². The van der Waals surface area contributed by atoms with Gasteiger partial charge in [-0.1, -0.05) is 42.2 Å². The Morgan fingerprint density at radius 2 is 1.95 bits per heavy atom. The van der Waals surface area contributed by atoms with Crippen molar-refractivity contribution in [3.05, 3.63) is 94.4 Å². The van der Waals surface area contributed by atoms with E-state index in [0.717, 1.165) is 16.2 Å². The molecule has 1 atom stereocenters. The van der Waals surface area contributed by atoms with Crippen molar-refractivity contribution in [1.82, 2.24) is 14.4 Å². The summed E-state index contributed by atoms with van der Waals surface area (Å²) in [4.78, 5) is 49.6. The Hall–Kier alpha value is -4.77. The molecule has 4 aromatic rings.